The van der Waals surface area contributed by atoms with Gasteiger partial charge in [0.15, 0.2) is 0 Å². The van der Waals surface area contributed by atoms with Gasteiger partial charge in [-0.15, -0.1) is 0 Å². The number of ether oxygens (including phenoxy) is 1. The monoisotopic (exact) mass is 319 g/mol. The Labute approximate surface area is 139 Å². The summed E-state index contributed by atoms with van der Waals surface area (Å²) in [4.78, 5) is 10.7. The zero-order valence-electron chi connectivity index (χ0n) is 13.0. The van der Waals surface area contributed by atoms with Crippen LogP contribution < -0.4 is 15.3 Å². The van der Waals surface area contributed by atoms with Crippen LogP contribution in [0.25, 0.3) is 10.8 Å². The standard InChI is InChI=1S/C19H16N2O3/c1-24-18-9-6-15-10-13(2-3-16(15)11-18)12-20-21-17-7-4-14(5-8-17)19(22)23/h2-12,21H,1H3,(H,22,23)/p-1/b20-12-. The summed E-state index contributed by atoms with van der Waals surface area (Å²) < 4.78 is 5.21. The van der Waals surface area contributed by atoms with Gasteiger partial charge in [0.25, 0.3) is 0 Å². The van der Waals surface area contributed by atoms with Gasteiger partial charge >= 0.3 is 0 Å². The molecule has 3 rings (SSSR count). The van der Waals surface area contributed by atoms with E-state index in [4.69, 9.17) is 4.74 Å². The third-order valence-electron chi connectivity index (χ3n) is 3.60. The van der Waals surface area contributed by atoms with Crippen molar-refractivity contribution in [3.05, 3.63) is 71.8 Å². The van der Waals surface area contributed by atoms with Gasteiger partial charge in [-0.25, -0.2) is 0 Å². The number of aromatic carboxylic acids is 1. The molecule has 0 heterocycles. The second-order valence-corrected chi connectivity index (χ2v) is 5.21. The Morgan fingerprint density at radius 1 is 1.04 bits per heavy atom. The average Bonchev–Trinajstić information content (AvgIpc) is 2.61. The summed E-state index contributed by atoms with van der Waals surface area (Å²) in [6.07, 6.45) is 1.70. The lowest BCUT2D eigenvalue weighted by molar-refractivity contribution is -0.255. The number of carbonyl (C=O) groups is 1. The summed E-state index contributed by atoms with van der Waals surface area (Å²) >= 11 is 0. The van der Waals surface area contributed by atoms with E-state index in [2.05, 4.69) is 10.5 Å². The summed E-state index contributed by atoms with van der Waals surface area (Å²) in [5, 5.41) is 17.0. The number of carboxylic acid groups (broad SMARTS) is 1. The number of rotatable bonds is 5. The maximum absolute atomic E-state index is 10.7. The van der Waals surface area contributed by atoms with Crippen LogP contribution in [0.4, 0.5) is 5.69 Å². The Bertz CT molecular complexity index is 902. The molecule has 3 aromatic carbocycles. The van der Waals surface area contributed by atoms with E-state index in [1.54, 1.807) is 25.5 Å². The molecule has 0 saturated heterocycles. The van der Waals surface area contributed by atoms with Gasteiger partial charge in [-0.3, -0.25) is 5.43 Å². The lowest BCUT2D eigenvalue weighted by Crippen LogP contribution is -2.21. The van der Waals surface area contributed by atoms with Crippen molar-refractivity contribution >= 4 is 28.6 Å². The van der Waals surface area contributed by atoms with E-state index in [1.807, 2.05) is 36.4 Å². The number of nitrogens with one attached hydrogen (secondary N) is 1. The minimum atomic E-state index is -1.20. The summed E-state index contributed by atoms with van der Waals surface area (Å²) in [5.41, 5.74) is 4.64. The number of benzene rings is 3. The number of hydrogen-bond acceptors (Lipinski definition) is 5. The minimum Gasteiger partial charge on any atom is -0.545 e. The van der Waals surface area contributed by atoms with E-state index in [-0.39, 0.29) is 5.56 Å². The largest absolute Gasteiger partial charge is 0.545 e. The molecule has 0 radical (unpaired) electrons. The van der Waals surface area contributed by atoms with Crippen molar-refractivity contribution in [1.29, 1.82) is 0 Å². The first-order chi connectivity index (χ1) is 11.7. The van der Waals surface area contributed by atoms with Gasteiger partial charge in [-0.1, -0.05) is 30.3 Å². The lowest BCUT2D eigenvalue weighted by atomic mass is 10.1. The minimum absolute atomic E-state index is 0.134. The fraction of sp³-hybridized carbons (Fsp3) is 0.0526. The zero-order chi connectivity index (χ0) is 16.9. The molecule has 0 atom stereocenters. The van der Waals surface area contributed by atoms with E-state index < -0.39 is 5.97 Å². The van der Waals surface area contributed by atoms with Gasteiger partial charge in [0.1, 0.15) is 5.75 Å². The number of carboxylic acids is 1. The molecule has 3 aromatic rings. The van der Waals surface area contributed by atoms with Crippen LogP contribution in [0.1, 0.15) is 15.9 Å². The van der Waals surface area contributed by atoms with Crippen molar-refractivity contribution in [2.24, 2.45) is 5.10 Å². The second kappa shape index (κ2) is 6.83. The number of carbonyl (C=O) groups excluding carboxylic acids is 1. The van der Waals surface area contributed by atoms with Crippen molar-refractivity contribution in [1.82, 2.24) is 0 Å². The topological polar surface area (TPSA) is 73.8 Å². The van der Waals surface area contributed by atoms with Gasteiger partial charge in [-0.2, -0.15) is 5.10 Å². The van der Waals surface area contributed by atoms with Crippen LogP contribution in [0, 0.1) is 0 Å². The predicted molar refractivity (Wildman–Crippen MR) is 92.5 cm³/mol. The Hall–Kier alpha value is -3.34. The summed E-state index contributed by atoms with van der Waals surface area (Å²) in [7, 11) is 1.65. The fourth-order valence-electron chi connectivity index (χ4n) is 2.31. The summed E-state index contributed by atoms with van der Waals surface area (Å²) in [6, 6.07) is 18.1. The Morgan fingerprint density at radius 3 is 2.46 bits per heavy atom. The molecule has 5 heteroatoms. The molecule has 24 heavy (non-hydrogen) atoms. The van der Waals surface area contributed by atoms with E-state index in [0.29, 0.717) is 5.69 Å². The number of hydrogen-bond donors (Lipinski definition) is 1. The van der Waals surface area contributed by atoms with E-state index in [0.717, 1.165) is 22.1 Å². The highest BCUT2D eigenvalue weighted by Gasteiger charge is 1.98. The van der Waals surface area contributed by atoms with Crippen LogP contribution in [0.15, 0.2) is 65.8 Å². The summed E-state index contributed by atoms with van der Waals surface area (Å²) in [6.45, 7) is 0. The average molecular weight is 319 g/mol. The SMILES string of the molecule is COc1ccc2cc(/C=N\Nc3ccc(C(=O)[O-])cc3)ccc2c1. The normalized spacial score (nSPS) is 10.9. The quantitative estimate of drug-likeness (QED) is 0.579. The first-order valence-electron chi connectivity index (χ1n) is 7.34. The molecule has 0 saturated carbocycles. The highest BCUT2D eigenvalue weighted by atomic mass is 16.5. The molecule has 0 fully saturated rings. The molecule has 0 aliphatic heterocycles. The van der Waals surface area contributed by atoms with Gasteiger partial charge in [0.05, 0.1) is 25.0 Å². The van der Waals surface area contributed by atoms with Crippen molar-refractivity contribution in [3.63, 3.8) is 0 Å². The third kappa shape index (κ3) is 3.52. The predicted octanol–water partition coefficient (Wildman–Crippen LogP) is 2.66. The highest BCUT2D eigenvalue weighted by Crippen LogP contribution is 2.21. The number of anilines is 1. The van der Waals surface area contributed by atoms with E-state index in [1.165, 1.54) is 12.1 Å². The molecule has 0 spiro atoms. The Morgan fingerprint density at radius 2 is 1.75 bits per heavy atom. The Kier molecular flexibility index (Phi) is 4.43. The van der Waals surface area contributed by atoms with Crippen molar-refractivity contribution in [2.75, 3.05) is 12.5 Å². The molecule has 5 nitrogen and oxygen atoms in total. The van der Waals surface area contributed by atoms with Crippen LogP contribution in [-0.4, -0.2) is 19.3 Å². The van der Waals surface area contributed by atoms with Crippen LogP contribution >= 0.6 is 0 Å². The molecule has 0 amide bonds. The number of nitrogens with zero attached hydrogens (tertiary/aromatic N) is 1. The van der Waals surface area contributed by atoms with E-state index in [9.17, 15) is 9.90 Å². The van der Waals surface area contributed by atoms with Gasteiger partial charge in [0, 0.05) is 0 Å². The molecule has 0 aliphatic rings. The van der Waals surface area contributed by atoms with Gasteiger partial charge < -0.3 is 14.6 Å². The highest BCUT2D eigenvalue weighted by molar-refractivity contribution is 5.91. The smallest absolute Gasteiger partial charge is 0.119 e. The van der Waals surface area contributed by atoms with Crippen molar-refractivity contribution < 1.29 is 14.6 Å². The van der Waals surface area contributed by atoms with Crippen molar-refractivity contribution in [3.8, 4) is 5.75 Å². The fourth-order valence-corrected chi connectivity index (χ4v) is 2.31. The zero-order valence-corrected chi connectivity index (χ0v) is 13.0. The summed E-state index contributed by atoms with van der Waals surface area (Å²) in [5.74, 6) is -0.372. The first-order valence-corrected chi connectivity index (χ1v) is 7.34. The molecular weight excluding hydrogens is 304 g/mol. The molecule has 0 aliphatic carbocycles. The van der Waals surface area contributed by atoms with Crippen LogP contribution in [0.2, 0.25) is 0 Å². The van der Waals surface area contributed by atoms with Gasteiger partial charge in [0.2, 0.25) is 0 Å². The molecule has 120 valence electrons. The molecule has 0 bridgehead atoms. The Balaban J connectivity index is 1.72. The molecule has 0 unspecified atom stereocenters. The van der Waals surface area contributed by atoms with Gasteiger partial charge in [-0.05, 0) is 52.2 Å². The first kappa shape index (κ1) is 15.6. The molecular formula is C19H15N2O3-. The second-order valence-electron chi connectivity index (χ2n) is 5.21. The number of methoxy groups -OCH3 is 1. The third-order valence-corrected chi connectivity index (χ3v) is 3.60. The molecule has 1 N–H and O–H groups in total. The maximum atomic E-state index is 10.7. The van der Waals surface area contributed by atoms with E-state index >= 15 is 0 Å². The van der Waals surface area contributed by atoms with Crippen LogP contribution in [0.3, 0.4) is 0 Å². The van der Waals surface area contributed by atoms with Crippen molar-refractivity contribution in [2.45, 2.75) is 0 Å². The van der Waals surface area contributed by atoms with Crippen LogP contribution in [0.5, 0.6) is 5.75 Å². The van der Waals surface area contributed by atoms with Crippen LogP contribution in [-0.2, 0) is 0 Å². The number of fused-ring (bicyclic) bond motifs is 1. The lowest BCUT2D eigenvalue weighted by Gasteiger charge is -2.05. The number of hydrazone groups is 1. The maximum Gasteiger partial charge on any atom is 0.119 e. The molecule has 0 aromatic heterocycles.